The van der Waals surface area contributed by atoms with E-state index in [4.69, 9.17) is 9.47 Å². The second kappa shape index (κ2) is 11.0. The third-order valence-electron chi connectivity index (χ3n) is 5.92. The Kier molecular flexibility index (Phi) is 8.17. The number of benzene rings is 1. The van der Waals surface area contributed by atoms with Crippen LogP contribution in [-0.4, -0.2) is 91.7 Å². The molecule has 2 aliphatic heterocycles. The van der Waals surface area contributed by atoms with E-state index < -0.39 is 0 Å². The van der Waals surface area contributed by atoms with Gasteiger partial charge in [-0.25, -0.2) is 0 Å². The molecule has 0 aliphatic carbocycles. The van der Waals surface area contributed by atoms with Gasteiger partial charge in [0.1, 0.15) is 0 Å². The van der Waals surface area contributed by atoms with Crippen LogP contribution in [0.4, 0.5) is 0 Å². The molecule has 3 rings (SSSR count). The van der Waals surface area contributed by atoms with Crippen molar-refractivity contribution < 1.29 is 24.2 Å². The molecule has 2 fully saturated rings. The van der Waals surface area contributed by atoms with Gasteiger partial charge in [0.25, 0.3) is 0 Å². The number of amides is 2. The van der Waals surface area contributed by atoms with Crippen molar-refractivity contribution in [3.63, 3.8) is 0 Å². The van der Waals surface area contributed by atoms with Crippen LogP contribution in [0.2, 0.25) is 0 Å². The van der Waals surface area contributed by atoms with E-state index in [1.807, 2.05) is 4.90 Å². The van der Waals surface area contributed by atoms with Gasteiger partial charge in [-0.1, -0.05) is 12.8 Å². The molecule has 0 bridgehead atoms. The van der Waals surface area contributed by atoms with Gasteiger partial charge < -0.3 is 24.4 Å². The highest BCUT2D eigenvalue weighted by Crippen LogP contribution is 2.37. The molecule has 0 unspecified atom stereocenters. The molecular formula is C23H33N3O5. The van der Waals surface area contributed by atoms with Gasteiger partial charge in [-0.05, 0) is 36.6 Å². The number of nitrogens with zero attached hydrogens (tertiary/aromatic N) is 3. The first-order valence-corrected chi connectivity index (χ1v) is 10.9. The Morgan fingerprint density at radius 2 is 1.48 bits per heavy atom. The van der Waals surface area contributed by atoms with Gasteiger partial charge in [-0.15, -0.1) is 0 Å². The van der Waals surface area contributed by atoms with Crippen LogP contribution in [0.5, 0.6) is 17.2 Å². The fraction of sp³-hybridized carbons (Fsp3) is 0.565. The first-order chi connectivity index (χ1) is 15.0. The molecule has 8 heteroatoms. The number of likely N-dealkylation sites (tertiary alicyclic amines) is 1. The Hall–Kier alpha value is -2.74. The highest BCUT2D eigenvalue weighted by Gasteiger charge is 2.23. The number of carbonyl (C=O) groups excluding carboxylic acids is 2. The van der Waals surface area contributed by atoms with Crippen molar-refractivity contribution in [2.75, 3.05) is 60.0 Å². The average molecular weight is 432 g/mol. The number of ether oxygens (including phenoxy) is 2. The standard InChI is InChI=1S/C23H33N3O5/c1-30-19-15-18(16-20(31-2)23(19)29)7-8-21(27)26-13-11-24(12-14-26)17-22(28)25-9-5-3-4-6-10-25/h7-8,15-16,29H,3-6,9-14,17H2,1-2H3/b8-7+. The van der Waals surface area contributed by atoms with E-state index >= 15 is 0 Å². The van der Waals surface area contributed by atoms with Gasteiger partial charge in [0.2, 0.25) is 17.6 Å². The number of hydrogen-bond acceptors (Lipinski definition) is 6. The zero-order chi connectivity index (χ0) is 22.2. The molecule has 2 amide bonds. The topological polar surface area (TPSA) is 82.6 Å². The normalized spacial score (nSPS) is 18.1. The molecule has 1 aromatic rings. The minimum atomic E-state index is -0.0792. The van der Waals surface area contributed by atoms with Crippen LogP contribution in [0.25, 0.3) is 6.08 Å². The molecule has 31 heavy (non-hydrogen) atoms. The summed E-state index contributed by atoms with van der Waals surface area (Å²) < 4.78 is 10.3. The van der Waals surface area contributed by atoms with Crippen molar-refractivity contribution in [1.29, 1.82) is 0 Å². The molecular weight excluding hydrogens is 398 g/mol. The van der Waals surface area contributed by atoms with E-state index in [9.17, 15) is 14.7 Å². The molecule has 0 radical (unpaired) electrons. The van der Waals surface area contributed by atoms with Crippen LogP contribution in [0.3, 0.4) is 0 Å². The molecule has 0 atom stereocenters. The summed E-state index contributed by atoms with van der Waals surface area (Å²) in [5.74, 6) is 0.629. The zero-order valence-corrected chi connectivity index (χ0v) is 18.5. The largest absolute Gasteiger partial charge is 0.502 e. The quantitative estimate of drug-likeness (QED) is 0.694. The predicted molar refractivity (Wildman–Crippen MR) is 118 cm³/mol. The fourth-order valence-corrected chi connectivity index (χ4v) is 4.02. The van der Waals surface area contributed by atoms with Gasteiger partial charge in [-0.3, -0.25) is 14.5 Å². The fourth-order valence-electron chi connectivity index (χ4n) is 4.02. The second-order valence-electron chi connectivity index (χ2n) is 8.00. The second-order valence-corrected chi connectivity index (χ2v) is 8.00. The molecule has 0 saturated carbocycles. The highest BCUT2D eigenvalue weighted by atomic mass is 16.5. The number of aromatic hydroxyl groups is 1. The van der Waals surface area contributed by atoms with Crippen molar-refractivity contribution in [1.82, 2.24) is 14.7 Å². The number of piperazine rings is 1. The van der Waals surface area contributed by atoms with E-state index in [0.717, 1.165) is 25.9 Å². The van der Waals surface area contributed by atoms with E-state index in [-0.39, 0.29) is 29.1 Å². The average Bonchev–Trinajstić information content (AvgIpc) is 3.08. The maximum Gasteiger partial charge on any atom is 0.246 e. The van der Waals surface area contributed by atoms with Crippen molar-refractivity contribution in [3.05, 3.63) is 23.8 Å². The van der Waals surface area contributed by atoms with E-state index in [1.54, 1.807) is 23.1 Å². The molecule has 2 heterocycles. The van der Waals surface area contributed by atoms with Crippen LogP contribution in [0, 0.1) is 0 Å². The van der Waals surface area contributed by atoms with Crippen LogP contribution in [0.15, 0.2) is 18.2 Å². The van der Waals surface area contributed by atoms with Crippen molar-refractivity contribution in [2.24, 2.45) is 0 Å². The monoisotopic (exact) mass is 431 g/mol. The van der Waals surface area contributed by atoms with Crippen LogP contribution < -0.4 is 9.47 Å². The highest BCUT2D eigenvalue weighted by molar-refractivity contribution is 5.92. The van der Waals surface area contributed by atoms with Crippen LogP contribution >= 0.6 is 0 Å². The van der Waals surface area contributed by atoms with Gasteiger partial charge in [0.15, 0.2) is 11.5 Å². The summed E-state index contributed by atoms with van der Waals surface area (Å²) >= 11 is 0. The molecule has 2 saturated heterocycles. The smallest absolute Gasteiger partial charge is 0.246 e. The number of carbonyl (C=O) groups is 2. The third kappa shape index (κ3) is 6.13. The Bertz CT molecular complexity index is 769. The lowest BCUT2D eigenvalue weighted by atomic mass is 10.1. The lowest BCUT2D eigenvalue weighted by Gasteiger charge is -2.34. The molecule has 2 aliphatic rings. The minimum Gasteiger partial charge on any atom is -0.502 e. The number of rotatable bonds is 6. The van der Waals surface area contributed by atoms with E-state index in [1.165, 1.54) is 33.1 Å². The predicted octanol–water partition coefficient (Wildman–Crippen LogP) is 1.97. The SMILES string of the molecule is COc1cc(/C=C/C(=O)N2CCN(CC(=O)N3CCCCCC3)CC2)cc(OC)c1O. The van der Waals surface area contributed by atoms with Gasteiger partial charge in [0.05, 0.1) is 20.8 Å². The first-order valence-electron chi connectivity index (χ1n) is 10.9. The van der Waals surface area contributed by atoms with Gasteiger partial charge in [0, 0.05) is 45.3 Å². The van der Waals surface area contributed by atoms with Gasteiger partial charge >= 0.3 is 0 Å². The van der Waals surface area contributed by atoms with E-state index in [0.29, 0.717) is 38.3 Å². The molecule has 0 aromatic heterocycles. The van der Waals surface area contributed by atoms with Crippen molar-refractivity contribution in [3.8, 4) is 17.2 Å². The maximum atomic E-state index is 12.6. The van der Waals surface area contributed by atoms with E-state index in [2.05, 4.69) is 4.90 Å². The Morgan fingerprint density at radius 3 is 2.03 bits per heavy atom. The van der Waals surface area contributed by atoms with Crippen LogP contribution in [0.1, 0.15) is 31.2 Å². The summed E-state index contributed by atoms with van der Waals surface area (Å²) in [7, 11) is 2.93. The lowest BCUT2D eigenvalue weighted by molar-refractivity contribution is -0.133. The van der Waals surface area contributed by atoms with Crippen molar-refractivity contribution in [2.45, 2.75) is 25.7 Å². The summed E-state index contributed by atoms with van der Waals surface area (Å²) in [6, 6.07) is 3.29. The number of phenols is 1. The Labute approximate surface area is 184 Å². The molecule has 170 valence electrons. The summed E-state index contributed by atoms with van der Waals surface area (Å²) in [5, 5.41) is 10.00. The zero-order valence-electron chi connectivity index (χ0n) is 18.5. The van der Waals surface area contributed by atoms with Gasteiger partial charge in [-0.2, -0.15) is 0 Å². The first kappa shape index (κ1) is 22.9. The Morgan fingerprint density at radius 1 is 0.903 bits per heavy atom. The summed E-state index contributed by atoms with van der Waals surface area (Å²) in [6.07, 6.45) is 7.81. The number of phenolic OH excluding ortho intramolecular Hbond substituents is 1. The van der Waals surface area contributed by atoms with Crippen molar-refractivity contribution >= 4 is 17.9 Å². The third-order valence-corrected chi connectivity index (χ3v) is 5.92. The van der Waals surface area contributed by atoms with Crippen LogP contribution in [-0.2, 0) is 9.59 Å². The number of hydrogen-bond donors (Lipinski definition) is 1. The minimum absolute atomic E-state index is 0.0701. The summed E-state index contributed by atoms with van der Waals surface area (Å²) in [5.41, 5.74) is 0.696. The molecule has 1 aromatic carbocycles. The molecule has 1 N–H and O–H groups in total. The lowest BCUT2D eigenvalue weighted by Crippen LogP contribution is -2.51. The summed E-state index contributed by atoms with van der Waals surface area (Å²) in [4.78, 5) is 31.1. The maximum absolute atomic E-state index is 12.6. The Balaban J connectivity index is 1.50. The molecule has 0 spiro atoms. The number of methoxy groups -OCH3 is 2. The summed E-state index contributed by atoms with van der Waals surface area (Å²) in [6.45, 7) is 4.76. The molecule has 8 nitrogen and oxygen atoms in total.